The zero-order valence-corrected chi connectivity index (χ0v) is 14.1. The minimum absolute atomic E-state index is 0.578. The van der Waals surface area contributed by atoms with Crippen molar-refractivity contribution < 1.29 is 9.90 Å². The number of thiophene rings is 1. The number of aryl methyl sites for hydroxylation is 2. The van der Waals surface area contributed by atoms with Crippen LogP contribution in [0.4, 0.5) is 5.82 Å². The van der Waals surface area contributed by atoms with E-state index >= 15 is 0 Å². The lowest BCUT2D eigenvalue weighted by atomic mass is 9.97. The highest BCUT2D eigenvalue weighted by Gasteiger charge is 2.23. The number of anilines is 1. The maximum Gasteiger partial charge on any atom is 0.326 e. The number of nitrogens with one attached hydrogen (secondary N) is 1. The number of rotatable bonds is 6. The lowest BCUT2D eigenvalue weighted by Gasteiger charge is -2.16. The fraction of sp³-hybridized carbons (Fsp3) is 0.533. The number of carboxylic acids is 1. The van der Waals surface area contributed by atoms with Gasteiger partial charge in [-0.1, -0.05) is 0 Å². The van der Waals surface area contributed by atoms with Crippen LogP contribution in [0.25, 0.3) is 10.2 Å². The molecule has 0 saturated heterocycles. The van der Waals surface area contributed by atoms with Gasteiger partial charge in [-0.15, -0.1) is 11.3 Å². The van der Waals surface area contributed by atoms with Crippen LogP contribution in [0.1, 0.15) is 29.7 Å². The number of carboxylic acid groups (broad SMARTS) is 1. The number of hydrogen-bond acceptors (Lipinski definition) is 6. The predicted molar refractivity (Wildman–Crippen MR) is 92.1 cm³/mol. The van der Waals surface area contributed by atoms with E-state index < -0.39 is 12.0 Å². The summed E-state index contributed by atoms with van der Waals surface area (Å²) in [5.41, 5.74) is 1.32. The number of carbonyl (C=O) groups is 1. The summed E-state index contributed by atoms with van der Waals surface area (Å²) >= 11 is 3.38. The van der Waals surface area contributed by atoms with Gasteiger partial charge in [-0.2, -0.15) is 11.8 Å². The standard InChI is InChI=1S/C15H19N3O2S2/c1-21-7-6-10(15(19)20)18-13-12-9-4-2-3-5-11(9)22-14(12)17-8-16-13/h8,10H,2-7H2,1H3,(H,19,20)(H,16,17,18). The lowest BCUT2D eigenvalue weighted by Crippen LogP contribution is -2.30. The second-order valence-corrected chi connectivity index (χ2v) is 7.50. The van der Waals surface area contributed by atoms with Crippen molar-refractivity contribution in [2.45, 2.75) is 38.1 Å². The van der Waals surface area contributed by atoms with Crippen molar-refractivity contribution in [2.24, 2.45) is 0 Å². The summed E-state index contributed by atoms with van der Waals surface area (Å²) in [5.74, 6) is 0.655. The van der Waals surface area contributed by atoms with Gasteiger partial charge in [0.1, 0.15) is 23.0 Å². The van der Waals surface area contributed by atoms with E-state index in [1.165, 1.54) is 29.6 Å². The Morgan fingerprint density at radius 3 is 3.05 bits per heavy atom. The molecule has 0 saturated carbocycles. The molecule has 0 bridgehead atoms. The van der Waals surface area contributed by atoms with E-state index in [-0.39, 0.29) is 0 Å². The van der Waals surface area contributed by atoms with E-state index in [0.717, 1.165) is 28.8 Å². The molecule has 0 spiro atoms. The Balaban J connectivity index is 1.95. The summed E-state index contributed by atoms with van der Waals surface area (Å²) in [6.45, 7) is 0. The molecule has 22 heavy (non-hydrogen) atoms. The van der Waals surface area contributed by atoms with Crippen LogP contribution in [-0.4, -0.2) is 39.1 Å². The summed E-state index contributed by atoms with van der Waals surface area (Å²) in [6, 6.07) is -0.607. The maximum absolute atomic E-state index is 11.5. The molecule has 2 aromatic rings. The number of hydrogen-bond donors (Lipinski definition) is 2. The Hall–Kier alpha value is -1.34. The molecular weight excluding hydrogens is 318 g/mol. The molecular formula is C15H19N3O2S2. The number of thioether (sulfide) groups is 1. The van der Waals surface area contributed by atoms with Crippen molar-refractivity contribution in [3.8, 4) is 0 Å². The first-order valence-corrected chi connectivity index (χ1v) is 9.65. The highest BCUT2D eigenvalue weighted by atomic mass is 32.2. The molecule has 1 aliphatic carbocycles. The highest BCUT2D eigenvalue weighted by Crippen LogP contribution is 2.38. The second-order valence-electron chi connectivity index (χ2n) is 5.43. The number of aliphatic carboxylic acids is 1. The Morgan fingerprint density at radius 2 is 2.27 bits per heavy atom. The minimum atomic E-state index is -0.829. The summed E-state index contributed by atoms with van der Waals surface area (Å²) < 4.78 is 0. The molecule has 1 atom stereocenters. The fourth-order valence-electron chi connectivity index (χ4n) is 2.86. The molecule has 1 unspecified atom stereocenters. The van der Waals surface area contributed by atoms with E-state index in [1.807, 2.05) is 6.26 Å². The third-order valence-corrected chi connectivity index (χ3v) is 5.81. The van der Waals surface area contributed by atoms with Gasteiger partial charge in [0.25, 0.3) is 0 Å². The van der Waals surface area contributed by atoms with Gasteiger partial charge in [0.2, 0.25) is 0 Å². The molecule has 118 valence electrons. The zero-order valence-electron chi connectivity index (χ0n) is 12.5. The van der Waals surface area contributed by atoms with Gasteiger partial charge >= 0.3 is 5.97 Å². The van der Waals surface area contributed by atoms with Gasteiger partial charge in [-0.05, 0) is 49.7 Å². The SMILES string of the molecule is CSCCC(Nc1ncnc2sc3c(c12)CCCC3)C(=O)O. The smallest absolute Gasteiger partial charge is 0.326 e. The molecule has 2 aromatic heterocycles. The van der Waals surface area contributed by atoms with Gasteiger partial charge in [0, 0.05) is 4.88 Å². The zero-order chi connectivity index (χ0) is 15.5. The van der Waals surface area contributed by atoms with Crippen LogP contribution in [0.5, 0.6) is 0 Å². The first-order chi connectivity index (χ1) is 10.7. The Labute approximate surface area is 137 Å². The number of aromatic nitrogens is 2. The van der Waals surface area contributed by atoms with Crippen LogP contribution in [0.3, 0.4) is 0 Å². The molecule has 1 aliphatic rings. The van der Waals surface area contributed by atoms with Crippen molar-refractivity contribution in [2.75, 3.05) is 17.3 Å². The molecule has 0 aliphatic heterocycles. The number of fused-ring (bicyclic) bond motifs is 3. The fourth-order valence-corrected chi connectivity index (χ4v) is 4.56. The topological polar surface area (TPSA) is 75.1 Å². The predicted octanol–water partition coefficient (Wildman–Crippen LogP) is 3.19. The van der Waals surface area contributed by atoms with Crippen molar-refractivity contribution in [3.63, 3.8) is 0 Å². The summed E-state index contributed by atoms with van der Waals surface area (Å²) in [4.78, 5) is 22.5. The summed E-state index contributed by atoms with van der Waals surface area (Å²) in [5, 5.41) is 13.6. The average molecular weight is 337 g/mol. The Morgan fingerprint density at radius 1 is 1.45 bits per heavy atom. The maximum atomic E-state index is 11.5. The van der Waals surface area contributed by atoms with Crippen LogP contribution >= 0.6 is 23.1 Å². The van der Waals surface area contributed by atoms with Crippen LogP contribution in [0.2, 0.25) is 0 Å². The average Bonchev–Trinajstić information content (AvgIpc) is 2.90. The lowest BCUT2D eigenvalue weighted by molar-refractivity contribution is -0.137. The number of nitrogens with zero attached hydrogens (tertiary/aromatic N) is 2. The van der Waals surface area contributed by atoms with Crippen LogP contribution < -0.4 is 5.32 Å². The van der Waals surface area contributed by atoms with Gasteiger partial charge in [0.15, 0.2) is 0 Å². The van der Waals surface area contributed by atoms with E-state index in [9.17, 15) is 9.90 Å². The third kappa shape index (κ3) is 3.05. The van der Waals surface area contributed by atoms with E-state index in [0.29, 0.717) is 12.2 Å². The van der Waals surface area contributed by atoms with E-state index in [4.69, 9.17) is 0 Å². The molecule has 0 amide bonds. The van der Waals surface area contributed by atoms with Crippen LogP contribution in [-0.2, 0) is 17.6 Å². The van der Waals surface area contributed by atoms with Gasteiger partial charge in [0.05, 0.1) is 5.39 Å². The van der Waals surface area contributed by atoms with Gasteiger partial charge < -0.3 is 10.4 Å². The molecule has 2 heterocycles. The first-order valence-electron chi connectivity index (χ1n) is 7.44. The van der Waals surface area contributed by atoms with Crippen molar-refractivity contribution in [1.82, 2.24) is 9.97 Å². The minimum Gasteiger partial charge on any atom is -0.480 e. The van der Waals surface area contributed by atoms with Crippen molar-refractivity contribution >= 4 is 45.1 Å². The van der Waals surface area contributed by atoms with Gasteiger partial charge in [-0.3, -0.25) is 0 Å². The van der Waals surface area contributed by atoms with Crippen molar-refractivity contribution in [1.29, 1.82) is 0 Å². The third-order valence-electron chi connectivity index (χ3n) is 3.97. The summed E-state index contributed by atoms with van der Waals surface area (Å²) in [7, 11) is 0. The summed E-state index contributed by atoms with van der Waals surface area (Å²) in [6.07, 6.45) is 8.64. The first kappa shape index (κ1) is 15.6. The molecule has 0 aromatic carbocycles. The van der Waals surface area contributed by atoms with Crippen molar-refractivity contribution in [3.05, 3.63) is 16.8 Å². The monoisotopic (exact) mass is 337 g/mol. The van der Waals surface area contributed by atoms with Gasteiger partial charge in [-0.25, -0.2) is 14.8 Å². The molecule has 3 rings (SSSR count). The highest BCUT2D eigenvalue weighted by molar-refractivity contribution is 7.98. The molecule has 2 N–H and O–H groups in total. The molecule has 5 nitrogen and oxygen atoms in total. The second kappa shape index (κ2) is 6.83. The molecule has 7 heteroatoms. The van der Waals surface area contributed by atoms with E-state index in [2.05, 4.69) is 15.3 Å². The molecule has 0 radical (unpaired) electrons. The quantitative estimate of drug-likeness (QED) is 0.843. The van der Waals surface area contributed by atoms with E-state index in [1.54, 1.807) is 23.1 Å². The Bertz CT molecular complexity index is 687. The van der Waals surface area contributed by atoms with Crippen LogP contribution in [0, 0.1) is 0 Å². The normalized spacial score (nSPS) is 15.5. The largest absolute Gasteiger partial charge is 0.480 e. The Kier molecular flexibility index (Phi) is 4.83. The van der Waals surface area contributed by atoms with Crippen LogP contribution in [0.15, 0.2) is 6.33 Å². The molecule has 0 fully saturated rings.